The second-order valence-corrected chi connectivity index (χ2v) is 3.96. The zero-order valence-corrected chi connectivity index (χ0v) is 10.2. The number of hydrogen-bond donors (Lipinski definition) is 1. The first-order valence-electron chi connectivity index (χ1n) is 5.85. The third kappa shape index (κ3) is 2.22. The molecular weight excluding hydrogens is 214 g/mol. The quantitative estimate of drug-likeness (QED) is 0.871. The van der Waals surface area contributed by atoms with E-state index in [-0.39, 0.29) is 6.61 Å². The molecule has 4 nitrogen and oxygen atoms in total. The molecule has 0 bridgehead atoms. The molecule has 1 aromatic heterocycles. The van der Waals surface area contributed by atoms with E-state index >= 15 is 0 Å². The Morgan fingerprint density at radius 1 is 1.18 bits per heavy atom. The van der Waals surface area contributed by atoms with E-state index in [1.807, 2.05) is 36.9 Å². The number of aromatic nitrogens is 2. The number of fused-ring (bicyclic) bond motifs is 1. The number of hydrogen-bond acceptors (Lipinski definition) is 4. The molecule has 0 spiro atoms. The third-order valence-electron chi connectivity index (χ3n) is 2.90. The topological polar surface area (TPSA) is 49.2 Å². The minimum atomic E-state index is 0.123. The molecule has 0 saturated heterocycles. The molecule has 1 heterocycles. The molecule has 1 N–H and O–H groups in total. The van der Waals surface area contributed by atoms with Gasteiger partial charge in [0.05, 0.1) is 12.3 Å². The van der Waals surface area contributed by atoms with E-state index in [1.165, 1.54) is 0 Å². The predicted molar refractivity (Wildman–Crippen MR) is 69.2 cm³/mol. The number of aryl methyl sites for hydroxylation is 1. The molecule has 0 aliphatic rings. The molecule has 0 radical (unpaired) electrons. The van der Waals surface area contributed by atoms with Gasteiger partial charge in [0.2, 0.25) is 0 Å². The fourth-order valence-corrected chi connectivity index (χ4v) is 1.99. The molecule has 0 fully saturated rings. The maximum absolute atomic E-state index is 9.07. The molecule has 0 unspecified atom stereocenters. The first-order valence-corrected chi connectivity index (χ1v) is 5.85. The molecule has 0 aliphatic carbocycles. The van der Waals surface area contributed by atoms with Gasteiger partial charge in [-0.15, -0.1) is 5.10 Å². The fourth-order valence-electron chi connectivity index (χ4n) is 1.99. The van der Waals surface area contributed by atoms with Gasteiger partial charge in [0.15, 0.2) is 5.82 Å². The van der Waals surface area contributed by atoms with Crippen molar-refractivity contribution in [3.63, 3.8) is 0 Å². The van der Waals surface area contributed by atoms with Gasteiger partial charge in [-0.1, -0.05) is 24.3 Å². The van der Waals surface area contributed by atoms with Crippen molar-refractivity contribution >= 4 is 16.6 Å². The number of aliphatic hydroxyl groups is 1. The van der Waals surface area contributed by atoms with Gasteiger partial charge in [-0.25, -0.2) is 0 Å². The molecule has 4 heteroatoms. The van der Waals surface area contributed by atoms with Crippen LogP contribution in [0.2, 0.25) is 0 Å². The van der Waals surface area contributed by atoms with Crippen LogP contribution >= 0.6 is 0 Å². The van der Waals surface area contributed by atoms with E-state index in [0.717, 1.165) is 28.8 Å². The van der Waals surface area contributed by atoms with Crippen LogP contribution < -0.4 is 4.90 Å². The first kappa shape index (κ1) is 11.8. The minimum absolute atomic E-state index is 0.123. The van der Waals surface area contributed by atoms with Crippen LogP contribution in [0.5, 0.6) is 0 Å². The van der Waals surface area contributed by atoms with Crippen molar-refractivity contribution in [2.75, 3.05) is 24.6 Å². The molecule has 0 atom stereocenters. The monoisotopic (exact) mass is 231 g/mol. The lowest BCUT2D eigenvalue weighted by atomic mass is 10.1. The lowest BCUT2D eigenvalue weighted by Gasteiger charge is -2.21. The van der Waals surface area contributed by atoms with Crippen LogP contribution in [0.15, 0.2) is 24.3 Å². The van der Waals surface area contributed by atoms with Crippen molar-refractivity contribution in [2.24, 2.45) is 0 Å². The van der Waals surface area contributed by atoms with E-state index < -0.39 is 0 Å². The zero-order valence-electron chi connectivity index (χ0n) is 10.2. The summed E-state index contributed by atoms with van der Waals surface area (Å²) in [4.78, 5) is 2.04. The number of aliphatic hydroxyl groups excluding tert-OH is 1. The summed E-state index contributed by atoms with van der Waals surface area (Å²) in [6.45, 7) is 5.52. The Morgan fingerprint density at radius 2 is 1.88 bits per heavy atom. The Morgan fingerprint density at radius 3 is 2.53 bits per heavy atom. The van der Waals surface area contributed by atoms with Crippen LogP contribution in [0.3, 0.4) is 0 Å². The standard InChI is InChI=1S/C13H17N3O/c1-3-16(8-9-17)13-12-7-5-4-6-11(12)10(2)14-15-13/h4-7,17H,3,8-9H2,1-2H3. The predicted octanol–water partition coefficient (Wildman–Crippen LogP) is 1.76. The molecule has 2 rings (SSSR count). The summed E-state index contributed by atoms with van der Waals surface area (Å²) in [5, 5.41) is 19.7. The Balaban J connectivity index is 2.57. The van der Waals surface area contributed by atoms with E-state index in [2.05, 4.69) is 16.3 Å². The molecule has 1 aromatic carbocycles. The van der Waals surface area contributed by atoms with Gasteiger partial charge in [0, 0.05) is 23.9 Å². The second kappa shape index (κ2) is 5.10. The van der Waals surface area contributed by atoms with E-state index in [4.69, 9.17) is 5.11 Å². The van der Waals surface area contributed by atoms with Crippen LogP contribution in [0.4, 0.5) is 5.82 Å². The van der Waals surface area contributed by atoms with E-state index in [9.17, 15) is 0 Å². The highest BCUT2D eigenvalue weighted by molar-refractivity contribution is 5.93. The number of rotatable bonds is 4. The van der Waals surface area contributed by atoms with Crippen LogP contribution in [-0.4, -0.2) is 35.0 Å². The van der Waals surface area contributed by atoms with Gasteiger partial charge in [0.1, 0.15) is 0 Å². The molecule has 0 aliphatic heterocycles. The van der Waals surface area contributed by atoms with Crippen LogP contribution in [0.1, 0.15) is 12.6 Å². The molecule has 90 valence electrons. The molecule has 0 amide bonds. The summed E-state index contributed by atoms with van der Waals surface area (Å²) < 4.78 is 0. The maximum atomic E-state index is 9.07. The van der Waals surface area contributed by atoms with Crippen molar-refractivity contribution in [1.29, 1.82) is 0 Å². The van der Waals surface area contributed by atoms with Gasteiger partial charge < -0.3 is 10.0 Å². The lowest BCUT2D eigenvalue weighted by Crippen LogP contribution is -2.27. The minimum Gasteiger partial charge on any atom is -0.395 e. The number of anilines is 1. The highest BCUT2D eigenvalue weighted by Gasteiger charge is 2.11. The van der Waals surface area contributed by atoms with Crippen molar-refractivity contribution < 1.29 is 5.11 Å². The zero-order chi connectivity index (χ0) is 12.3. The van der Waals surface area contributed by atoms with Crippen LogP contribution in [0.25, 0.3) is 10.8 Å². The largest absolute Gasteiger partial charge is 0.395 e. The van der Waals surface area contributed by atoms with Crippen molar-refractivity contribution in [3.8, 4) is 0 Å². The number of likely N-dealkylation sites (N-methyl/N-ethyl adjacent to an activating group) is 1. The van der Waals surface area contributed by atoms with Gasteiger partial charge in [-0.2, -0.15) is 5.10 Å². The summed E-state index contributed by atoms with van der Waals surface area (Å²) in [5.74, 6) is 0.850. The summed E-state index contributed by atoms with van der Waals surface area (Å²) in [7, 11) is 0. The Bertz CT molecular complexity index is 513. The van der Waals surface area contributed by atoms with Gasteiger partial charge in [-0.05, 0) is 13.8 Å². The average molecular weight is 231 g/mol. The number of benzene rings is 1. The molecule has 17 heavy (non-hydrogen) atoms. The van der Waals surface area contributed by atoms with Crippen molar-refractivity contribution in [2.45, 2.75) is 13.8 Å². The normalized spacial score (nSPS) is 10.8. The Labute approximate surface area is 101 Å². The van der Waals surface area contributed by atoms with Gasteiger partial charge >= 0.3 is 0 Å². The maximum Gasteiger partial charge on any atom is 0.159 e. The number of nitrogens with zero attached hydrogens (tertiary/aromatic N) is 3. The van der Waals surface area contributed by atoms with E-state index in [0.29, 0.717) is 6.54 Å². The highest BCUT2D eigenvalue weighted by Crippen LogP contribution is 2.24. The third-order valence-corrected chi connectivity index (χ3v) is 2.90. The summed E-state index contributed by atoms with van der Waals surface area (Å²) in [5.41, 5.74) is 0.935. The summed E-state index contributed by atoms with van der Waals surface area (Å²) in [6.07, 6.45) is 0. The smallest absolute Gasteiger partial charge is 0.159 e. The Kier molecular flexibility index (Phi) is 3.54. The fraction of sp³-hybridized carbons (Fsp3) is 0.385. The second-order valence-electron chi connectivity index (χ2n) is 3.96. The van der Waals surface area contributed by atoms with E-state index in [1.54, 1.807) is 0 Å². The average Bonchev–Trinajstić information content (AvgIpc) is 2.37. The Hall–Kier alpha value is -1.68. The summed E-state index contributed by atoms with van der Waals surface area (Å²) in [6, 6.07) is 8.10. The summed E-state index contributed by atoms with van der Waals surface area (Å²) >= 11 is 0. The highest BCUT2D eigenvalue weighted by atomic mass is 16.3. The molecule has 2 aromatic rings. The first-order chi connectivity index (χ1) is 8.27. The molecule has 0 saturated carbocycles. The SMILES string of the molecule is CCN(CCO)c1nnc(C)c2ccccc12. The van der Waals surface area contributed by atoms with Crippen molar-refractivity contribution in [3.05, 3.63) is 30.0 Å². The van der Waals surface area contributed by atoms with Gasteiger partial charge in [-0.3, -0.25) is 0 Å². The van der Waals surface area contributed by atoms with Crippen molar-refractivity contribution in [1.82, 2.24) is 10.2 Å². The van der Waals surface area contributed by atoms with Crippen LogP contribution in [0, 0.1) is 6.92 Å². The van der Waals surface area contributed by atoms with Gasteiger partial charge in [0.25, 0.3) is 0 Å². The lowest BCUT2D eigenvalue weighted by molar-refractivity contribution is 0.302. The molecular formula is C13H17N3O. The van der Waals surface area contributed by atoms with Crippen LogP contribution in [-0.2, 0) is 0 Å².